The van der Waals surface area contributed by atoms with Gasteiger partial charge < -0.3 is 10.2 Å². The molecule has 25 heavy (non-hydrogen) atoms. The fraction of sp³-hybridized carbons (Fsp3) is 0.444. The van der Waals surface area contributed by atoms with Crippen molar-refractivity contribution in [1.82, 2.24) is 20.0 Å². The maximum absolute atomic E-state index is 13.0. The minimum atomic E-state index is -0.289. The van der Waals surface area contributed by atoms with E-state index in [0.717, 1.165) is 44.7 Å². The van der Waals surface area contributed by atoms with Crippen LogP contribution in [0.25, 0.3) is 5.69 Å². The summed E-state index contributed by atoms with van der Waals surface area (Å²) >= 11 is 0. The highest BCUT2D eigenvalue weighted by molar-refractivity contribution is 5.92. The smallest absolute Gasteiger partial charge is 0.274 e. The largest absolute Gasteiger partial charge is 0.337 e. The minimum absolute atomic E-state index is 0. The molecule has 0 bridgehead atoms. The molecule has 0 radical (unpaired) electrons. The molecule has 1 aliphatic heterocycles. The number of hydrogen-bond donors (Lipinski definition) is 1. The Morgan fingerprint density at radius 2 is 1.92 bits per heavy atom. The van der Waals surface area contributed by atoms with Gasteiger partial charge in [0.15, 0.2) is 5.69 Å². The van der Waals surface area contributed by atoms with Gasteiger partial charge in [0.1, 0.15) is 5.82 Å². The van der Waals surface area contributed by atoms with Crippen LogP contribution in [0.4, 0.5) is 4.39 Å². The highest BCUT2D eigenvalue weighted by Crippen LogP contribution is 2.18. The second-order valence-corrected chi connectivity index (χ2v) is 6.17. The molecule has 0 aliphatic carbocycles. The Balaban J connectivity index is 0.00000225. The number of likely N-dealkylation sites (tertiary alicyclic amines) is 1. The summed E-state index contributed by atoms with van der Waals surface area (Å²) in [4.78, 5) is 14.5. The van der Waals surface area contributed by atoms with E-state index in [2.05, 4.69) is 17.3 Å². The molecule has 1 aromatic carbocycles. The van der Waals surface area contributed by atoms with Gasteiger partial charge >= 0.3 is 0 Å². The molecule has 2 heterocycles. The predicted octanol–water partition coefficient (Wildman–Crippen LogP) is 2.89. The quantitative estimate of drug-likeness (QED) is 0.885. The van der Waals surface area contributed by atoms with Crippen molar-refractivity contribution >= 4 is 18.3 Å². The predicted molar refractivity (Wildman–Crippen MR) is 97.9 cm³/mol. The van der Waals surface area contributed by atoms with Gasteiger partial charge in [-0.3, -0.25) is 4.79 Å². The van der Waals surface area contributed by atoms with E-state index in [1.165, 1.54) is 12.1 Å². The lowest BCUT2D eigenvalue weighted by molar-refractivity contribution is 0.0684. The van der Waals surface area contributed by atoms with Gasteiger partial charge in [0.25, 0.3) is 5.91 Å². The van der Waals surface area contributed by atoms with Crippen LogP contribution in [0.3, 0.4) is 0 Å². The van der Waals surface area contributed by atoms with Crippen LogP contribution in [-0.4, -0.2) is 46.8 Å². The summed E-state index contributed by atoms with van der Waals surface area (Å²) in [6.45, 7) is 5.67. The Bertz CT molecular complexity index is 681. The maximum atomic E-state index is 13.0. The van der Waals surface area contributed by atoms with Crippen molar-refractivity contribution in [2.75, 3.05) is 26.2 Å². The lowest BCUT2D eigenvalue weighted by Crippen LogP contribution is -2.41. The van der Waals surface area contributed by atoms with E-state index >= 15 is 0 Å². The van der Waals surface area contributed by atoms with E-state index in [0.29, 0.717) is 11.6 Å². The third-order valence-electron chi connectivity index (χ3n) is 4.48. The molecular weight excluding hydrogens is 343 g/mol. The molecule has 1 aliphatic rings. The normalized spacial score (nSPS) is 15.0. The van der Waals surface area contributed by atoms with Crippen molar-refractivity contribution in [3.05, 3.63) is 48.0 Å². The highest BCUT2D eigenvalue weighted by Gasteiger charge is 2.24. The zero-order valence-corrected chi connectivity index (χ0v) is 15.1. The van der Waals surface area contributed by atoms with Crippen LogP contribution >= 0.6 is 12.4 Å². The SMILES string of the molecule is CCNCC1CCN(C(=O)c2ccn(-c3ccc(F)cc3)n2)CC1.Cl. The lowest BCUT2D eigenvalue weighted by atomic mass is 9.96. The van der Waals surface area contributed by atoms with Crippen LogP contribution in [0.5, 0.6) is 0 Å². The maximum Gasteiger partial charge on any atom is 0.274 e. The number of amides is 1. The summed E-state index contributed by atoms with van der Waals surface area (Å²) in [6.07, 6.45) is 3.78. The zero-order valence-electron chi connectivity index (χ0n) is 14.3. The molecule has 1 amide bonds. The number of aromatic nitrogens is 2. The molecule has 0 spiro atoms. The fourth-order valence-corrected chi connectivity index (χ4v) is 3.03. The molecule has 1 aromatic heterocycles. The number of nitrogens with zero attached hydrogens (tertiary/aromatic N) is 3. The number of carbonyl (C=O) groups is 1. The highest BCUT2D eigenvalue weighted by atomic mass is 35.5. The third kappa shape index (κ3) is 4.80. The van der Waals surface area contributed by atoms with Crippen molar-refractivity contribution in [3.8, 4) is 5.69 Å². The number of hydrogen-bond acceptors (Lipinski definition) is 3. The number of carbonyl (C=O) groups excluding carboxylic acids is 1. The molecule has 0 atom stereocenters. The van der Waals surface area contributed by atoms with Crippen molar-refractivity contribution in [3.63, 3.8) is 0 Å². The van der Waals surface area contributed by atoms with Gasteiger partial charge in [-0.25, -0.2) is 9.07 Å². The first-order valence-electron chi connectivity index (χ1n) is 8.49. The Hall–Kier alpha value is -1.92. The van der Waals surface area contributed by atoms with Crippen molar-refractivity contribution in [1.29, 1.82) is 0 Å². The van der Waals surface area contributed by atoms with Gasteiger partial charge in [0.2, 0.25) is 0 Å². The Morgan fingerprint density at radius 3 is 2.56 bits per heavy atom. The molecule has 5 nitrogen and oxygen atoms in total. The van der Waals surface area contributed by atoms with Crippen LogP contribution in [0.1, 0.15) is 30.3 Å². The van der Waals surface area contributed by atoms with Gasteiger partial charge in [0.05, 0.1) is 5.69 Å². The molecular formula is C18H24ClFN4O. The second-order valence-electron chi connectivity index (χ2n) is 6.17. The van der Waals surface area contributed by atoms with Crippen LogP contribution in [-0.2, 0) is 0 Å². The van der Waals surface area contributed by atoms with Gasteiger partial charge in [0, 0.05) is 19.3 Å². The van der Waals surface area contributed by atoms with E-state index in [1.807, 2.05) is 4.90 Å². The molecule has 136 valence electrons. The minimum Gasteiger partial charge on any atom is -0.337 e. The van der Waals surface area contributed by atoms with E-state index in [9.17, 15) is 9.18 Å². The molecule has 3 rings (SSSR count). The Morgan fingerprint density at radius 1 is 1.24 bits per heavy atom. The Kier molecular flexibility index (Phi) is 6.96. The first-order chi connectivity index (χ1) is 11.7. The van der Waals surface area contributed by atoms with Gasteiger partial charge in [-0.1, -0.05) is 6.92 Å². The van der Waals surface area contributed by atoms with Crippen molar-refractivity contribution in [2.24, 2.45) is 5.92 Å². The summed E-state index contributed by atoms with van der Waals surface area (Å²) in [5, 5.41) is 7.72. The average molecular weight is 367 g/mol. The summed E-state index contributed by atoms with van der Waals surface area (Å²) in [7, 11) is 0. The average Bonchev–Trinajstić information content (AvgIpc) is 3.10. The summed E-state index contributed by atoms with van der Waals surface area (Å²) in [5.74, 6) is 0.325. The molecule has 0 unspecified atom stereocenters. The third-order valence-corrected chi connectivity index (χ3v) is 4.48. The topological polar surface area (TPSA) is 50.2 Å². The number of piperidine rings is 1. The van der Waals surface area contributed by atoms with Crippen molar-refractivity contribution < 1.29 is 9.18 Å². The molecule has 1 saturated heterocycles. The standard InChI is InChI=1S/C18H23FN4O.ClH/c1-2-20-13-14-7-10-22(11-8-14)18(24)17-9-12-23(21-17)16-5-3-15(19)4-6-16;/h3-6,9,12,14,20H,2,7-8,10-11,13H2,1H3;1H. The number of nitrogens with one attached hydrogen (secondary N) is 1. The van der Waals surface area contributed by atoms with Crippen molar-refractivity contribution in [2.45, 2.75) is 19.8 Å². The Labute approximate surface area is 153 Å². The van der Waals surface area contributed by atoms with E-state index in [-0.39, 0.29) is 24.1 Å². The summed E-state index contributed by atoms with van der Waals surface area (Å²) < 4.78 is 14.6. The molecule has 1 fully saturated rings. The van der Waals surface area contributed by atoms with Gasteiger partial charge in [-0.2, -0.15) is 5.10 Å². The molecule has 7 heteroatoms. The van der Waals surface area contributed by atoms with E-state index in [4.69, 9.17) is 0 Å². The van der Waals surface area contributed by atoms with Crippen LogP contribution < -0.4 is 5.32 Å². The van der Waals surface area contributed by atoms with Gasteiger partial charge in [-0.15, -0.1) is 12.4 Å². The molecule has 2 aromatic rings. The first kappa shape index (κ1) is 19.4. The summed E-state index contributed by atoms with van der Waals surface area (Å²) in [6, 6.07) is 7.77. The van der Waals surface area contributed by atoms with E-state index < -0.39 is 0 Å². The molecule has 0 saturated carbocycles. The van der Waals surface area contributed by atoms with Crippen LogP contribution in [0.15, 0.2) is 36.5 Å². The monoisotopic (exact) mass is 366 g/mol. The number of benzene rings is 1. The zero-order chi connectivity index (χ0) is 16.9. The van der Waals surface area contributed by atoms with Gasteiger partial charge in [-0.05, 0) is 62.2 Å². The summed E-state index contributed by atoms with van der Waals surface area (Å²) in [5.41, 5.74) is 1.17. The molecule has 1 N–H and O–H groups in total. The van der Waals surface area contributed by atoms with Crippen LogP contribution in [0.2, 0.25) is 0 Å². The fourth-order valence-electron chi connectivity index (χ4n) is 3.03. The second kappa shape index (κ2) is 8.97. The lowest BCUT2D eigenvalue weighted by Gasteiger charge is -2.31. The number of halogens is 2. The van der Waals surface area contributed by atoms with E-state index in [1.54, 1.807) is 29.1 Å². The van der Waals surface area contributed by atoms with Crippen LogP contribution in [0, 0.1) is 11.7 Å². The number of rotatable bonds is 5. The first-order valence-corrected chi connectivity index (χ1v) is 8.49.